The highest BCUT2D eigenvalue weighted by molar-refractivity contribution is 6.31. The summed E-state index contributed by atoms with van der Waals surface area (Å²) in [5.74, 6) is 0.739. The zero-order valence-corrected chi connectivity index (χ0v) is 11.6. The highest BCUT2D eigenvalue weighted by atomic mass is 35.5. The zero-order chi connectivity index (χ0) is 13.0. The summed E-state index contributed by atoms with van der Waals surface area (Å²) < 4.78 is 5.38. The van der Waals surface area contributed by atoms with Crippen molar-refractivity contribution in [1.29, 1.82) is 0 Å². The minimum absolute atomic E-state index is 0.739. The van der Waals surface area contributed by atoms with Gasteiger partial charge < -0.3 is 15.4 Å². The minimum Gasteiger partial charge on any atom is -0.399 e. The monoisotopic (exact) mass is 268 g/mol. The molecule has 1 saturated heterocycles. The van der Waals surface area contributed by atoms with Crippen molar-refractivity contribution in [1.82, 2.24) is 4.90 Å². The number of hydrogen-bond acceptors (Lipinski definition) is 3. The molecular weight excluding hydrogens is 248 g/mol. The molecule has 3 nitrogen and oxygen atoms in total. The van der Waals surface area contributed by atoms with Gasteiger partial charge in [0.1, 0.15) is 0 Å². The molecule has 2 N–H and O–H groups in total. The Morgan fingerprint density at radius 2 is 2.11 bits per heavy atom. The lowest BCUT2D eigenvalue weighted by atomic mass is 10.00. The number of nitrogens with two attached hydrogens (primary N) is 1. The van der Waals surface area contributed by atoms with Crippen LogP contribution in [0.2, 0.25) is 5.02 Å². The van der Waals surface area contributed by atoms with Crippen LogP contribution >= 0.6 is 11.6 Å². The van der Waals surface area contributed by atoms with Crippen molar-refractivity contribution in [3.8, 4) is 0 Å². The van der Waals surface area contributed by atoms with Gasteiger partial charge in [-0.3, -0.25) is 0 Å². The van der Waals surface area contributed by atoms with Gasteiger partial charge in [0.05, 0.1) is 0 Å². The zero-order valence-electron chi connectivity index (χ0n) is 10.9. The SMILES string of the molecule is CN(Cc1cc(N)ccc1Cl)CC1CCOCC1. The molecule has 0 aliphatic carbocycles. The Morgan fingerprint density at radius 1 is 1.39 bits per heavy atom. The normalized spacial score (nSPS) is 17.3. The summed E-state index contributed by atoms with van der Waals surface area (Å²) in [6.45, 7) is 3.74. The molecule has 0 atom stereocenters. The molecule has 2 rings (SSSR count). The molecule has 1 aliphatic rings. The Morgan fingerprint density at radius 3 is 2.83 bits per heavy atom. The van der Waals surface area contributed by atoms with Crippen molar-refractivity contribution in [2.45, 2.75) is 19.4 Å². The third-order valence-electron chi connectivity index (χ3n) is 3.42. The molecule has 0 spiro atoms. The Bertz CT molecular complexity index is 391. The number of benzene rings is 1. The lowest BCUT2D eigenvalue weighted by molar-refractivity contribution is 0.0549. The Labute approximate surface area is 114 Å². The summed E-state index contributed by atoms with van der Waals surface area (Å²) in [5.41, 5.74) is 7.67. The van der Waals surface area contributed by atoms with Crippen molar-refractivity contribution in [2.24, 2.45) is 5.92 Å². The molecule has 0 saturated carbocycles. The fraction of sp³-hybridized carbons (Fsp3) is 0.571. The molecule has 4 heteroatoms. The second kappa shape index (κ2) is 6.41. The number of nitrogens with zero attached hydrogens (tertiary/aromatic N) is 1. The summed E-state index contributed by atoms with van der Waals surface area (Å²) >= 11 is 6.18. The molecule has 1 fully saturated rings. The van der Waals surface area contributed by atoms with Gasteiger partial charge in [-0.1, -0.05) is 11.6 Å². The third-order valence-corrected chi connectivity index (χ3v) is 3.79. The van der Waals surface area contributed by atoms with Crippen molar-refractivity contribution in [3.05, 3.63) is 28.8 Å². The van der Waals surface area contributed by atoms with Crippen molar-refractivity contribution in [2.75, 3.05) is 32.5 Å². The van der Waals surface area contributed by atoms with E-state index in [0.29, 0.717) is 0 Å². The Balaban J connectivity index is 1.89. The van der Waals surface area contributed by atoms with Crippen LogP contribution in [-0.2, 0) is 11.3 Å². The number of ether oxygens (including phenoxy) is 1. The Hall–Kier alpha value is -0.770. The van der Waals surface area contributed by atoms with Crippen LogP contribution < -0.4 is 5.73 Å². The minimum atomic E-state index is 0.739. The molecule has 1 heterocycles. The first-order valence-corrected chi connectivity index (χ1v) is 6.83. The molecule has 1 aliphatic heterocycles. The average molecular weight is 269 g/mol. The van der Waals surface area contributed by atoms with Crippen molar-refractivity contribution < 1.29 is 4.74 Å². The van der Waals surface area contributed by atoms with Crippen LogP contribution in [-0.4, -0.2) is 31.7 Å². The lowest BCUT2D eigenvalue weighted by Gasteiger charge is -2.27. The highest BCUT2D eigenvalue weighted by Gasteiger charge is 2.16. The smallest absolute Gasteiger partial charge is 0.0469 e. The molecule has 1 aromatic carbocycles. The van der Waals surface area contributed by atoms with E-state index in [9.17, 15) is 0 Å². The van der Waals surface area contributed by atoms with E-state index in [-0.39, 0.29) is 0 Å². The fourth-order valence-electron chi connectivity index (χ4n) is 2.44. The molecule has 0 unspecified atom stereocenters. The summed E-state index contributed by atoms with van der Waals surface area (Å²) in [6.07, 6.45) is 2.32. The van der Waals surface area contributed by atoms with Crippen LogP contribution in [0, 0.1) is 5.92 Å². The average Bonchev–Trinajstić information content (AvgIpc) is 2.35. The molecular formula is C14H21ClN2O. The van der Waals surface area contributed by atoms with E-state index >= 15 is 0 Å². The van der Waals surface area contributed by atoms with Gasteiger partial charge in [0.25, 0.3) is 0 Å². The predicted octanol–water partition coefficient (Wildman–Crippen LogP) is 2.78. The van der Waals surface area contributed by atoms with E-state index in [1.807, 2.05) is 18.2 Å². The van der Waals surface area contributed by atoms with Gasteiger partial charge in [0.2, 0.25) is 0 Å². The number of nitrogen functional groups attached to an aromatic ring is 1. The van der Waals surface area contributed by atoms with E-state index < -0.39 is 0 Å². The van der Waals surface area contributed by atoms with Gasteiger partial charge in [0.15, 0.2) is 0 Å². The third kappa shape index (κ3) is 3.87. The first-order chi connectivity index (χ1) is 8.65. The highest BCUT2D eigenvalue weighted by Crippen LogP contribution is 2.22. The molecule has 18 heavy (non-hydrogen) atoms. The Kier molecular flexibility index (Phi) is 4.87. The molecule has 0 radical (unpaired) electrons. The molecule has 0 amide bonds. The predicted molar refractivity (Wildman–Crippen MR) is 75.7 cm³/mol. The molecule has 0 aromatic heterocycles. The molecule has 0 bridgehead atoms. The number of hydrogen-bond donors (Lipinski definition) is 1. The maximum atomic E-state index is 6.18. The van der Waals surface area contributed by atoms with E-state index in [1.165, 1.54) is 0 Å². The number of anilines is 1. The summed E-state index contributed by atoms with van der Waals surface area (Å²) in [7, 11) is 2.13. The van der Waals surface area contributed by atoms with Gasteiger partial charge in [-0.05, 0) is 49.6 Å². The van der Waals surface area contributed by atoms with Crippen molar-refractivity contribution in [3.63, 3.8) is 0 Å². The standard InChI is InChI=1S/C14H21ClN2O/c1-17(9-11-4-6-18-7-5-11)10-12-8-13(16)2-3-14(12)15/h2-3,8,11H,4-7,9-10,16H2,1H3. The van der Waals surface area contributed by atoms with E-state index in [1.54, 1.807) is 0 Å². The first kappa shape index (κ1) is 13.7. The van der Waals surface area contributed by atoms with Crippen LogP contribution in [0.3, 0.4) is 0 Å². The summed E-state index contributed by atoms with van der Waals surface area (Å²) in [4.78, 5) is 2.32. The van der Waals surface area contributed by atoms with Crippen LogP contribution in [0.15, 0.2) is 18.2 Å². The first-order valence-electron chi connectivity index (χ1n) is 6.45. The van der Waals surface area contributed by atoms with Crippen LogP contribution in [0.25, 0.3) is 0 Å². The largest absolute Gasteiger partial charge is 0.399 e. The summed E-state index contributed by atoms with van der Waals surface area (Å²) in [6, 6.07) is 5.67. The van der Waals surface area contributed by atoms with Crippen LogP contribution in [0.5, 0.6) is 0 Å². The fourth-order valence-corrected chi connectivity index (χ4v) is 2.62. The van der Waals surface area contributed by atoms with Gasteiger partial charge in [-0.25, -0.2) is 0 Å². The van der Waals surface area contributed by atoms with E-state index in [0.717, 1.165) is 61.3 Å². The summed E-state index contributed by atoms with van der Waals surface area (Å²) in [5, 5.41) is 0.794. The topological polar surface area (TPSA) is 38.5 Å². The maximum Gasteiger partial charge on any atom is 0.0469 e. The maximum absolute atomic E-state index is 6.18. The van der Waals surface area contributed by atoms with Crippen molar-refractivity contribution >= 4 is 17.3 Å². The quantitative estimate of drug-likeness (QED) is 0.854. The molecule has 100 valence electrons. The van der Waals surface area contributed by atoms with E-state index in [4.69, 9.17) is 22.1 Å². The number of rotatable bonds is 4. The lowest BCUT2D eigenvalue weighted by Crippen LogP contribution is -2.29. The number of halogens is 1. The second-order valence-electron chi connectivity index (χ2n) is 5.10. The van der Waals surface area contributed by atoms with Gasteiger partial charge in [-0.15, -0.1) is 0 Å². The van der Waals surface area contributed by atoms with Crippen LogP contribution in [0.1, 0.15) is 18.4 Å². The van der Waals surface area contributed by atoms with Gasteiger partial charge in [0, 0.05) is 37.0 Å². The molecule has 1 aromatic rings. The van der Waals surface area contributed by atoms with Gasteiger partial charge in [-0.2, -0.15) is 0 Å². The van der Waals surface area contributed by atoms with Gasteiger partial charge >= 0.3 is 0 Å². The second-order valence-corrected chi connectivity index (χ2v) is 5.51. The van der Waals surface area contributed by atoms with Crippen LogP contribution in [0.4, 0.5) is 5.69 Å². The van der Waals surface area contributed by atoms with E-state index in [2.05, 4.69) is 11.9 Å².